The molecule has 0 saturated heterocycles. The fraction of sp³-hybridized carbons (Fsp3) is 0.625. The molecule has 1 atom stereocenters. The molecule has 0 radical (unpaired) electrons. The van der Waals surface area contributed by atoms with Crippen molar-refractivity contribution in [2.24, 2.45) is 5.92 Å². The SMILES string of the molecule is CC[C@@H](O)c1ccccc1OC1CCC(C)CC1. The summed E-state index contributed by atoms with van der Waals surface area (Å²) in [6.07, 6.45) is 5.42. The van der Waals surface area contributed by atoms with Crippen LogP contribution in [0.2, 0.25) is 0 Å². The second-order valence-corrected chi connectivity index (χ2v) is 5.46. The van der Waals surface area contributed by atoms with Crippen molar-refractivity contribution in [1.82, 2.24) is 0 Å². The summed E-state index contributed by atoms with van der Waals surface area (Å²) in [6, 6.07) is 7.89. The molecule has 0 bridgehead atoms. The van der Waals surface area contributed by atoms with E-state index in [4.69, 9.17) is 4.74 Å². The quantitative estimate of drug-likeness (QED) is 0.869. The number of hydrogen-bond donors (Lipinski definition) is 1. The van der Waals surface area contributed by atoms with Crippen LogP contribution in [0.25, 0.3) is 0 Å². The van der Waals surface area contributed by atoms with Gasteiger partial charge in [-0.25, -0.2) is 0 Å². The van der Waals surface area contributed by atoms with E-state index in [0.29, 0.717) is 6.10 Å². The minimum Gasteiger partial charge on any atom is -0.490 e. The molecule has 1 saturated carbocycles. The third-order valence-corrected chi connectivity index (χ3v) is 3.92. The van der Waals surface area contributed by atoms with Gasteiger partial charge in [0.05, 0.1) is 12.2 Å². The van der Waals surface area contributed by atoms with Gasteiger partial charge in [-0.2, -0.15) is 0 Å². The van der Waals surface area contributed by atoms with Gasteiger partial charge in [0, 0.05) is 5.56 Å². The van der Waals surface area contributed by atoms with Crippen LogP contribution in [0.1, 0.15) is 57.6 Å². The minimum atomic E-state index is -0.413. The summed E-state index contributed by atoms with van der Waals surface area (Å²) >= 11 is 0. The first-order valence-corrected chi connectivity index (χ1v) is 7.14. The molecule has 1 aromatic carbocycles. The monoisotopic (exact) mass is 248 g/mol. The summed E-state index contributed by atoms with van der Waals surface area (Å²) in [4.78, 5) is 0. The average molecular weight is 248 g/mol. The zero-order chi connectivity index (χ0) is 13.0. The third-order valence-electron chi connectivity index (χ3n) is 3.92. The second-order valence-electron chi connectivity index (χ2n) is 5.46. The van der Waals surface area contributed by atoms with Crippen molar-refractivity contribution < 1.29 is 9.84 Å². The van der Waals surface area contributed by atoms with Crippen molar-refractivity contribution in [3.8, 4) is 5.75 Å². The van der Waals surface area contributed by atoms with E-state index in [1.165, 1.54) is 12.8 Å². The summed E-state index contributed by atoms with van der Waals surface area (Å²) in [7, 11) is 0. The van der Waals surface area contributed by atoms with E-state index in [1.54, 1.807) is 0 Å². The van der Waals surface area contributed by atoms with Crippen LogP contribution < -0.4 is 4.74 Å². The Morgan fingerprint density at radius 2 is 1.89 bits per heavy atom. The lowest BCUT2D eigenvalue weighted by Crippen LogP contribution is -2.23. The van der Waals surface area contributed by atoms with Crippen molar-refractivity contribution in [3.63, 3.8) is 0 Å². The Kier molecular flexibility index (Phi) is 4.65. The molecule has 1 aromatic rings. The minimum absolute atomic E-state index is 0.325. The van der Waals surface area contributed by atoms with Gasteiger partial charge in [-0.05, 0) is 44.1 Å². The van der Waals surface area contributed by atoms with Crippen LogP contribution in [0.3, 0.4) is 0 Å². The Hall–Kier alpha value is -1.02. The van der Waals surface area contributed by atoms with Gasteiger partial charge in [0.25, 0.3) is 0 Å². The van der Waals surface area contributed by atoms with Crippen molar-refractivity contribution in [2.75, 3.05) is 0 Å². The van der Waals surface area contributed by atoms with Crippen molar-refractivity contribution in [3.05, 3.63) is 29.8 Å². The first kappa shape index (κ1) is 13.4. The molecule has 0 spiro atoms. The fourth-order valence-corrected chi connectivity index (χ4v) is 2.61. The van der Waals surface area contributed by atoms with Crippen molar-refractivity contribution in [1.29, 1.82) is 0 Å². The maximum atomic E-state index is 10.0. The molecule has 1 fully saturated rings. The Morgan fingerprint density at radius 1 is 1.22 bits per heavy atom. The van der Waals surface area contributed by atoms with E-state index in [-0.39, 0.29) is 0 Å². The lowest BCUT2D eigenvalue weighted by Gasteiger charge is -2.28. The third kappa shape index (κ3) is 3.26. The Bertz CT molecular complexity index is 367. The van der Waals surface area contributed by atoms with Crippen LogP contribution in [0.5, 0.6) is 5.75 Å². The van der Waals surface area contributed by atoms with E-state index < -0.39 is 6.10 Å². The molecule has 18 heavy (non-hydrogen) atoms. The molecule has 2 heteroatoms. The number of ether oxygens (including phenoxy) is 1. The molecule has 1 aliphatic rings. The highest BCUT2D eigenvalue weighted by molar-refractivity contribution is 5.35. The molecule has 0 heterocycles. The smallest absolute Gasteiger partial charge is 0.125 e. The number of aliphatic hydroxyl groups is 1. The summed E-state index contributed by atoms with van der Waals surface area (Å²) in [5.74, 6) is 1.70. The van der Waals surface area contributed by atoms with Crippen LogP contribution in [0.4, 0.5) is 0 Å². The summed E-state index contributed by atoms with van der Waals surface area (Å²) in [5, 5.41) is 10.0. The van der Waals surface area contributed by atoms with E-state index in [1.807, 2.05) is 31.2 Å². The zero-order valence-electron chi connectivity index (χ0n) is 11.4. The summed E-state index contributed by atoms with van der Waals surface area (Å²) < 4.78 is 6.10. The van der Waals surface area contributed by atoms with Gasteiger partial charge >= 0.3 is 0 Å². The lowest BCUT2D eigenvalue weighted by atomic mass is 9.89. The Balaban J connectivity index is 2.04. The molecule has 0 amide bonds. The number of benzene rings is 1. The molecule has 100 valence electrons. The molecule has 2 rings (SSSR count). The predicted octanol–water partition coefficient (Wildman–Crippen LogP) is 4.09. The van der Waals surface area contributed by atoms with Gasteiger partial charge in [0.1, 0.15) is 5.75 Å². The number of hydrogen-bond acceptors (Lipinski definition) is 2. The van der Waals surface area contributed by atoms with Gasteiger partial charge in [-0.1, -0.05) is 32.0 Å². The first-order valence-electron chi connectivity index (χ1n) is 7.14. The fourth-order valence-electron chi connectivity index (χ4n) is 2.61. The van der Waals surface area contributed by atoms with Crippen LogP contribution in [-0.2, 0) is 0 Å². The molecule has 0 aliphatic heterocycles. The first-order chi connectivity index (χ1) is 8.70. The Labute approximate surface area is 110 Å². The van der Waals surface area contributed by atoms with E-state index in [2.05, 4.69) is 6.92 Å². The standard InChI is InChI=1S/C16H24O2/c1-3-15(17)14-6-4-5-7-16(14)18-13-10-8-12(2)9-11-13/h4-7,12-13,15,17H,3,8-11H2,1-2H3/t12?,13?,15-/m1/s1. The van der Waals surface area contributed by atoms with Crippen LogP contribution in [0.15, 0.2) is 24.3 Å². The van der Waals surface area contributed by atoms with E-state index >= 15 is 0 Å². The Morgan fingerprint density at radius 3 is 2.56 bits per heavy atom. The molecule has 0 aromatic heterocycles. The molecule has 1 aliphatic carbocycles. The maximum absolute atomic E-state index is 10.0. The van der Waals surface area contributed by atoms with Crippen LogP contribution in [0, 0.1) is 5.92 Å². The van der Waals surface area contributed by atoms with Crippen molar-refractivity contribution in [2.45, 2.75) is 58.2 Å². The van der Waals surface area contributed by atoms with Crippen LogP contribution >= 0.6 is 0 Å². The molecular weight excluding hydrogens is 224 g/mol. The van der Waals surface area contributed by atoms with Gasteiger partial charge in [-0.15, -0.1) is 0 Å². The molecule has 1 N–H and O–H groups in total. The number of para-hydroxylation sites is 1. The number of rotatable bonds is 4. The molecule has 2 nitrogen and oxygen atoms in total. The normalized spacial score (nSPS) is 25.7. The highest BCUT2D eigenvalue weighted by Gasteiger charge is 2.21. The number of aliphatic hydroxyl groups excluding tert-OH is 1. The predicted molar refractivity (Wildman–Crippen MR) is 73.7 cm³/mol. The van der Waals surface area contributed by atoms with Gasteiger partial charge < -0.3 is 9.84 Å². The summed E-state index contributed by atoms with van der Waals surface area (Å²) in [6.45, 7) is 4.30. The highest BCUT2D eigenvalue weighted by atomic mass is 16.5. The zero-order valence-corrected chi connectivity index (χ0v) is 11.4. The van der Waals surface area contributed by atoms with Gasteiger partial charge in [0.2, 0.25) is 0 Å². The second kappa shape index (κ2) is 6.24. The lowest BCUT2D eigenvalue weighted by molar-refractivity contribution is 0.123. The van der Waals surface area contributed by atoms with Crippen molar-refractivity contribution >= 4 is 0 Å². The van der Waals surface area contributed by atoms with Gasteiger partial charge in [-0.3, -0.25) is 0 Å². The average Bonchev–Trinajstić information content (AvgIpc) is 2.41. The van der Waals surface area contributed by atoms with Crippen LogP contribution in [-0.4, -0.2) is 11.2 Å². The molecular formula is C16H24O2. The maximum Gasteiger partial charge on any atom is 0.125 e. The molecule has 0 unspecified atom stereocenters. The largest absolute Gasteiger partial charge is 0.490 e. The summed E-state index contributed by atoms with van der Waals surface area (Å²) in [5.41, 5.74) is 0.929. The topological polar surface area (TPSA) is 29.5 Å². The highest BCUT2D eigenvalue weighted by Crippen LogP contribution is 2.31. The van der Waals surface area contributed by atoms with Gasteiger partial charge in [0.15, 0.2) is 0 Å². The van der Waals surface area contributed by atoms with E-state index in [0.717, 1.165) is 36.5 Å². The van der Waals surface area contributed by atoms with E-state index in [9.17, 15) is 5.11 Å².